The maximum atomic E-state index is 12.5. The summed E-state index contributed by atoms with van der Waals surface area (Å²) in [7, 11) is 3.13. The second-order valence-corrected chi connectivity index (χ2v) is 8.70. The Hall–Kier alpha value is -2.55. The molecule has 1 aliphatic heterocycles. The number of carbonyl (C=O) groups excluding carboxylic acids is 1. The maximum absolute atomic E-state index is 12.5. The molecule has 0 saturated carbocycles. The first-order valence-electron chi connectivity index (χ1n) is 10.1. The standard InChI is InChI=1S/C22H25ClN4O3S/c1-29-16-4-5-17(19(14-16)30-2)21(28)24-7-8-26-9-11-27(12-10-26)22-25-18-6-3-15(23)13-20(18)31-22/h3-6,13-14H,7-12H2,1-2H3,(H,24,28). The fourth-order valence-corrected chi connectivity index (χ4v) is 4.89. The summed E-state index contributed by atoms with van der Waals surface area (Å²) >= 11 is 7.77. The van der Waals surface area contributed by atoms with Crippen molar-refractivity contribution in [3.8, 4) is 11.5 Å². The van der Waals surface area contributed by atoms with E-state index in [0.29, 0.717) is 23.6 Å². The summed E-state index contributed by atoms with van der Waals surface area (Å²) in [5.41, 5.74) is 1.49. The fourth-order valence-electron chi connectivity index (χ4n) is 3.59. The van der Waals surface area contributed by atoms with Gasteiger partial charge in [0, 0.05) is 50.4 Å². The Morgan fingerprint density at radius 1 is 1.13 bits per heavy atom. The number of ether oxygens (including phenoxy) is 2. The van der Waals surface area contributed by atoms with Crippen molar-refractivity contribution in [2.75, 3.05) is 58.4 Å². The van der Waals surface area contributed by atoms with Crippen LogP contribution >= 0.6 is 22.9 Å². The van der Waals surface area contributed by atoms with Gasteiger partial charge in [-0.15, -0.1) is 0 Å². The van der Waals surface area contributed by atoms with Crippen molar-refractivity contribution in [2.24, 2.45) is 0 Å². The highest BCUT2D eigenvalue weighted by Crippen LogP contribution is 2.31. The number of amides is 1. The minimum atomic E-state index is -0.147. The minimum absolute atomic E-state index is 0.147. The Labute approximate surface area is 190 Å². The lowest BCUT2D eigenvalue weighted by Gasteiger charge is -2.34. The summed E-state index contributed by atoms with van der Waals surface area (Å²) in [6.07, 6.45) is 0. The highest BCUT2D eigenvalue weighted by Gasteiger charge is 2.20. The van der Waals surface area contributed by atoms with Crippen molar-refractivity contribution >= 4 is 44.2 Å². The number of methoxy groups -OCH3 is 2. The van der Waals surface area contributed by atoms with Crippen molar-refractivity contribution in [1.29, 1.82) is 0 Å². The van der Waals surface area contributed by atoms with Crippen LogP contribution in [0.1, 0.15) is 10.4 Å². The average Bonchev–Trinajstić information content (AvgIpc) is 3.22. The normalized spacial score (nSPS) is 14.6. The molecule has 0 radical (unpaired) electrons. The van der Waals surface area contributed by atoms with E-state index >= 15 is 0 Å². The summed E-state index contributed by atoms with van der Waals surface area (Å²) in [5.74, 6) is 1.01. The van der Waals surface area contributed by atoms with Gasteiger partial charge >= 0.3 is 0 Å². The molecule has 1 fully saturated rings. The van der Waals surface area contributed by atoms with Gasteiger partial charge in [0.1, 0.15) is 11.5 Å². The zero-order valence-corrected chi connectivity index (χ0v) is 19.1. The van der Waals surface area contributed by atoms with E-state index in [1.165, 1.54) is 0 Å². The van der Waals surface area contributed by atoms with Crippen LogP contribution in [0.15, 0.2) is 36.4 Å². The summed E-state index contributed by atoms with van der Waals surface area (Å²) in [5, 5.41) is 4.76. The van der Waals surface area contributed by atoms with Crippen molar-refractivity contribution < 1.29 is 14.3 Å². The number of aromatic nitrogens is 1. The van der Waals surface area contributed by atoms with Crippen molar-refractivity contribution in [3.05, 3.63) is 47.0 Å². The number of nitrogens with one attached hydrogen (secondary N) is 1. The molecule has 0 bridgehead atoms. The molecule has 164 valence electrons. The molecule has 1 N–H and O–H groups in total. The molecule has 4 rings (SSSR count). The van der Waals surface area contributed by atoms with Crippen LogP contribution in [0.3, 0.4) is 0 Å². The van der Waals surface area contributed by atoms with Crippen molar-refractivity contribution in [2.45, 2.75) is 0 Å². The highest BCUT2D eigenvalue weighted by molar-refractivity contribution is 7.22. The number of carbonyl (C=O) groups is 1. The summed E-state index contributed by atoms with van der Waals surface area (Å²) in [6, 6.07) is 11.0. The molecule has 2 aromatic carbocycles. The number of anilines is 1. The third-order valence-corrected chi connectivity index (χ3v) is 6.66. The Kier molecular flexibility index (Phi) is 6.80. The first kappa shape index (κ1) is 21.7. The van der Waals surface area contributed by atoms with Gasteiger partial charge in [-0.1, -0.05) is 22.9 Å². The number of rotatable bonds is 7. The van der Waals surface area contributed by atoms with Gasteiger partial charge in [-0.3, -0.25) is 9.69 Å². The Bertz CT molecular complexity index is 1070. The van der Waals surface area contributed by atoms with E-state index in [4.69, 9.17) is 26.1 Å². The molecule has 9 heteroatoms. The SMILES string of the molecule is COc1ccc(C(=O)NCCN2CCN(c3nc4ccc(Cl)cc4s3)CC2)c(OC)c1. The van der Waals surface area contributed by atoms with Crippen LogP contribution < -0.4 is 19.7 Å². The average molecular weight is 461 g/mol. The number of thiazole rings is 1. The van der Waals surface area contributed by atoms with Crippen LogP contribution in [0.4, 0.5) is 5.13 Å². The van der Waals surface area contributed by atoms with Gasteiger partial charge in [-0.2, -0.15) is 0 Å². The van der Waals surface area contributed by atoms with Crippen molar-refractivity contribution in [1.82, 2.24) is 15.2 Å². The number of hydrogen-bond acceptors (Lipinski definition) is 7. The van der Waals surface area contributed by atoms with E-state index in [1.54, 1.807) is 43.8 Å². The zero-order valence-electron chi connectivity index (χ0n) is 17.6. The minimum Gasteiger partial charge on any atom is -0.497 e. The number of fused-ring (bicyclic) bond motifs is 1. The fraction of sp³-hybridized carbons (Fsp3) is 0.364. The van der Waals surface area contributed by atoms with Crippen LogP contribution in [0.5, 0.6) is 11.5 Å². The number of nitrogens with zero attached hydrogens (tertiary/aromatic N) is 3. The molecule has 1 aromatic heterocycles. The van der Waals surface area contributed by atoms with Crippen LogP contribution in [0, 0.1) is 0 Å². The Balaban J connectivity index is 1.26. The van der Waals surface area contributed by atoms with Gasteiger partial charge in [0.05, 0.1) is 30.0 Å². The smallest absolute Gasteiger partial charge is 0.255 e. The molecule has 2 heterocycles. The van der Waals surface area contributed by atoms with Gasteiger partial charge in [0.15, 0.2) is 5.13 Å². The van der Waals surface area contributed by atoms with Crippen LogP contribution in [0.2, 0.25) is 5.02 Å². The topological polar surface area (TPSA) is 66.9 Å². The molecule has 0 spiro atoms. The van der Waals surface area contributed by atoms with E-state index < -0.39 is 0 Å². The van der Waals surface area contributed by atoms with E-state index in [-0.39, 0.29) is 5.91 Å². The van der Waals surface area contributed by atoms with Crippen LogP contribution in [-0.2, 0) is 0 Å². The van der Waals surface area contributed by atoms with Crippen LogP contribution in [-0.4, -0.2) is 69.3 Å². The van der Waals surface area contributed by atoms with E-state index in [0.717, 1.165) is 53.1 Å². The molecule has 1 saturated heterocycles. The first-order valence-corrected chi connectivity index (χ1v) is 11.3. The predicted octanol–water partition coefficient (Wildman–Crippen LogP) is 3.52. The van der Waals surface area contributed by atoms with E-state index in [1.807, 2.05) is 18.2 Å². The third-order valence-electron chi connectivity index (χ3n) is 5.35. The lowest BCUT2D eigenvalue weighted by atomic mass is 10.1. The summed E-state index contributed by atoms with van der Waals surface area (Å²) < 4.78 is 11.6. The Morgan fingerprint density at radius 2 is 1.94 bits per heavy atom. The highest BCUT2D eigenvalue weighted by atomic mass is 35.5. The van der Waals surface area contributed by atoms with Gasteiger partial charge in [0.2, 0.25) is 0 Å². The molecule has 0 unspecified atom stereocenters. The monoisotopic (exact) mass is 460 g/mol. The number of hydrogen-bond donors (Lipinski definition) is 1. The molecular weight excluding hydrogens is 436 g/mol. The lowest BCUT2D eigenvalue weighted by Crippen LogP contribution is -2.48. The molecule has 31 heavy (non-hydrogen) atoms. The maximum Gasteiger partial charge on any atom is 0.255 e. The molecule has 1 aliphatic rings. The van der Waals surface area contributed by atoms with Crippen LogP contribution in [0.25, 0.3) is 10.2 Å². The van der Waals surface area contributed by atoms with Crippen molar-refractivity contribution in [3.63, 3.8) is 0 Å². The number of halogens is 1. The largest absolute Gasteiger partial charge is 0.497 e. The number of piperazine rings is 1. The first-order chi connectivity index (χ1) is 15.1. The quantitative estimate of drug-likeness (QED) is 0.582. The second-order valence-electron chi connectivity index (χ2n) is 7.26. The molecule has 0 atom stereocenters. The molecule has 0 aliphatic carbocycles. The molecule has 3 aromatic rings. The van der Waals surface area contributed by atoms with Gasteiger partial charge in [0.25, 0.3) is 5.91 Å². The third kappa shape index (κ3) is 5.03. The van der Waals surface area contributed by atoms with E-state index in [9.17, 15) is 4.79 Å². The van der Waals surface area contributed by atoms with Gasteiger partial charge in [-0.05, 0) is 30.3 Å². The summed E-state index contributed by atoms with van der Waals surface area (Å²) in [4.78, 5) is 21.9. The van der Waals surface area contributed by atoms with Gasteiger partial charge < -0.3 is 19.7 Å². The molecular formula is C22H25ClN4O3S. The predicted molar refractivity (Wildman–Crippen MR) is 125 cm³/mol. The second kappa shape index (κ2) is 9.72. The van der Waals surface area contributed by atoms with Gasteiger partial charge in [-0.25, -0.2) is 4.98 Å². The molecule has 7 nitrogen and oxygen atoms in total. The Morgan fingerprint density at radius 3 is 2.68 bits per heavy atom. The van der Waals surface area contributed by atoms with E-state index in [2.05, 4.69) is 15.1 Å². The lowest BCUT2D eigenvalue weighted by molar-refractivity contribution is 0.0944. The summed E-state index contributed by atoms with van der Waals surface area (Å²) in [6.45, 7) is 5.06. The zero-order chi connectivity index (χ0) is 21.8. The number of benzene rings is 2. The molecule has 1 amide bonds.